The number of aryl methyl sites for hydroxylation is 2. The van der Waals surface area contributed by atoms with E-state index in [0.29, 0.717) is 22.9 Å². The number of esters is 1. The number of halogens is 2. The molecule has 34 heavy (non-hydrogen) atoms. The van der Waals surface area contributed by atoms with Crippen LogP contribution in [0.2, 0.25) is 0 Å². The van der Waals surface area contributed by atoms with Gasteiger partial charge in [-0.3, -0.25) is 14.6 Å². The third-order valence-corrected chi connectivity index (χ3v) is 5.61. The van der Waals surface area contributed by atoms with Crippen molar-refractivity contribution < 1.29 is 27.9 Å². The third kappa shape index (κ3) is 5.19. The molecule has 9 heteroatoms. The van der Waals surface area contributed by atoms with E-state index in [4.69, 9.17) is 9.72 Å². The Labute approximate surface area is 194 Å². The van der Waals surface area contributed by atoms with Crippen LogP contribution < -0.4 is 10.6 Å². The summed E-state index contributed by atoms with van der Waals surface area (Å²) in [4.78, 5) is 41.8. The van der Waals surface area contributed by atoms with E-state index < -0.39 is 42.6 Å². The van der Waals surface area contributed by atoms with Gasteiger partial charge < -0.3 is 15.4 Å². The number of nitrogens with zero attached hydrogens (tertiary/aromatic N) is 1. The third-order valence-electron chi connectivity index (χ3n) is 5.61. The van der Waals surface area contributed by atoms with Gasteiger partial charge in [0.15, 0.2) is 18.2 Å². The van der Waals surface area contributed by atoms with E-state index >= 15 is 0 Å². The maximum Gasteiger partial charge on any atom is 0.339 e. The molecule has 2 N–H and O–H groups in total. The zero-order valence-corrected chi connectivity index (χ0v) is 18.5. The Kier molecular flexibility index (Phi) is 6.81. The highest BCUT2D eigenvalue weighted by atomic mass is 19.2. The molecule has 1 aliphatic rings. The zero-order valence-electron chi connectivity index (χ0n) is 18.5. The number of pyridine rings is 1. The Morgan fingerprint density at radius 3 is 2.59 bits per heavy atom. The van der Waals surface area contributed by atoms with Crippen LogP contribution in [0.4, 0.5) is 14.5 Å². The van der Waals surface area contributed by atoms with Gasteiger partial charge in [0.2, 0.25) is 5.91 Å². The number of nitrogens with one attached hydrogen (secondary N) is 2. The summed E-state index contributed by atoms with van der Waals surface area (Å²) in [6.07, 6.45) is 3.45. The molecule has 0 aliphatic heterocycles. The summed E-state index contributed by atoms with van der Waals surface area (Å²) in [5.74, 6) is -4.06. The van der Waals surface area contributed by atoms with Crippen LogP contribution in [0.5, 0.6) is 0 Å². The molecule has 1 aromatic heterocycles. The molecule has 0 saturated heterocycles. The van der Waals surface area contributed by atoms with Crippen molar-refractivity contribution in [1.29, 1.82) is 0 Å². The van der Waals surface area contributed by atoms with Gasteiger partial charge in [-0.05, 0) is 62.4 Å². The van der Waals surface area contributed by atoms with Crippen molar-refractivity contribution in [3.63, 3.8) is 0 Å². The number of hydrogen-bond donors (Lipinski definition) is 2. The number of fused-ring (bicyclic) bond motifs is 2. The number of rotatable bonds is 6. The van der Waals surface area contributed by atoms with Crippen LogP contribution in [0.1, 0.15) is 40.0 Å². The first kappa shape index (κ1) is 23.3. The number of benzene rings is 2. The van der Waals surface area contributed by atoms with Crippen molar-refractivity contribution in [3.05, 3.63) is 70.4 Å². The standard InChI is InChI=1S/C25H23F2N3O4/c1-14-6-9-21-17(10-14)24(16-4-2-3-5-20(16)30-21)25(33)34-13-23(32)28-12-22(31)29-15-7-8-18(26)19(27)11-15/h6-11H,2-5,12-13H2,1H3,(H,28,32)(H,29,31). The molecule has 0 radical (unpaired) electrons. The van der Waals surface area contributed by atoms with E-state index in [1.807, 2.05) is 25.1 Å². The molecule has 2 amide bonds. The van der Waals surface area contributed by atoms with Crippen LogP contribution in [0.3, 0.4) is 0 Å². The molecular weight excluding hydrogens is 444 g/mol. The van der Waals surface area contributed by atoms with Crippen LogP contribution in [-0.2, 0) is 27.2 Å². The van der Waals surface area contributed by atoms with Crippen molar-refractivity contribution in [3.8, 4) is 0 Å². The van der Waals surface area contributed by atoms with Gasteiger partial charge in [0.1, 0.15) is 0 Å². The Balaban J connectivity index is 1.39. The molecule has 0 spiro atoms. The molecule has 1 aliphatic carbocycles. The minimum Gasteiger partial charge on any atom is -0.452 e. The second-order valence-electron chi connectivity index (χ2n) is 8.17. The van der Waals surface area contributed by atoms with Gasteiger partial charge in [0, 0.05) is 22.8 Å². The predicted molar refractivity (Wildman–Crippen MR) is 121 cm³/mol. The van der Waals surface area contributed by atoms with E-state index in [0.717, 1.165) is 48.2 Å². The lowest BCUT2D eigenvalue weighted by Crippen LogP contribution is -2.35. The molecule has 0 bridgehead atoms. The summed E-state index contributed by atoms with van der Waals surface area (Å²) < 4.78 is 31.5. The Morgan fingerprint density at radius 1 is 1.00 bits per heavy atom. The van der Waals surface area contributed by atoms with E-state index in [9.17, 15) is 23.2 Å². The number of carbonyl (C=O) groups is 3. The summed E-state index contributed by atoms with van der Waals surface area (Å²) in [5, 5.41) is 5.37. The molecular formula is C25H23F2N3O4. The smallest absolute Gasteiger partial charge is 0.339 e. The van der Waals surface area contributed by atoms with Crippen LogP contribution >= 0.6 is 0 Å². The summed E-state index contributed by atoms with van der Waals surface area (Å²) in [7, 11) is 0. The predicted octanol–water partition coefficient (Wildman–Crippen LogP) is 3.61. The number of anilines is 1. The normalized spacial score (nSPS) is 12.7. The molecule has 1 heterocycles. The number of ether oxygens (including phenoxy) is 1. The van der Waals surface area contributed by atoms with Crippen LogP contribution in [0, 0.1) is 18.6 Å². The maximum atomic E-state index is 13.2. The number of aromatic nitrogens is 1. The van der Waals surface area contributed by atoms with Gasteiger partial charge in [-0.2, -0.15) is 0 Å². The lowest BCUT2D eigenvalue weighted by molar-refractivity contribution is -0.126. The van der Waals surface area contributed by atoms with Crippen molar-refractivity contribution in [1.82, 2.24) is 10.3 Å². The maximum absolute atomic E-state index is 13.2. The van der Waals surface area contributed by atoms with Crippen molar-refractivity contribution in [2.24, 2.45) is 0 Å². The monoisotopic (exact) mass is 467 g/mol. The van der Waals surface area contributed by atoms with Crippen LogP contribution in [0.15, 0.2) is 36.4 Å². The molecule has 0 saturated carbocycles. The molecule has 0 atom stereocenters. The van der Waals surface area contributed by atoms with E-state index in [1.54, 1.807) is 0 Å². The summed E-state index contributed by atoms with van der Waals surface area (Å²) in [5.41, 5.74) is 3.91. The molecule has 3 aromatic rings. The van der Waals surface area contributed by atoms with Gasteiger partial charge in [-0.1, -0.05) is 11.6 Å². The topological polar surface area (TPSA) is 97.4 Å². The van der Waals surface area contributed by atoms with Gasteiger partial charge in [-0.25, -0.2) is 13.6 Å². The SMILES string of the molecule is Cc1ccc2nc3c(c(C(=O)OCC(=O)NCC(=O)Nc4ccc(F)c(F)c4)c2c1)CCCC3. The van der Waals surface area contributed by atoms with Crippen LogP contribution in [0.25, 0.3) is 10.9 Å². The first-order valence-electron chi connectivity index (χ1n) is 10.9. The zero-order chi connectivity index (χ0) is 24.2. The lowest BCUT2D eigenvalue weighted by atomic mass is 9.89. The van der Waals surface area contributed by atoms with E-state index in [2.05, 4.69) is 10.6 Å². The highest BCUT2D eigenvalue weighted by molar-refractivity contribution is 6.06. The molecule has 0 fully saturated rings. The van der Waals surface area contributed by atoms with Crippen molar-refractivity contribution in [2.75, 3.05) is 18.5 Å². The van der Waals surface area contributed by atoms with E-state index in [-0.39, 0.29) is 5.69 Å². The average Bonchev–Trinajstić information content (AvgIpc) is 2.82. The second kappa shape index (κ2) is 9.94. The summed E-state index contributed by atoms with van der Waals surface area (Å²) in [6, 6.07) is 8.59. The molecule has 4 rings (SSSR count). The molecule has 0 unspecified atom stereocenters. The molecule has 7 nitrogen and oxygen atoms in total. The Bertz CT molecular complexity index is 1290. The second-order valence-corrected chi connectivity index (χ2v) is 8.17. The van der Waals surface area contributed by atoms with Crippen molar-refractivity contribution >= 4 is 34.4 Å². The number of hydrogen-bond acceptors (Lipinski definition) is 5. The summed E-state index contributed by atoms with van der Waals surface area (Å²) >= 11 is 0. The van der Waals surface area contributed by atoms with Gasteiger partial charge in [0.25, 0.3) is 5.91 Å². The number of amides is 2. The first-order chi connectivity index (χ1) is 16.3. The minimum absolute atomic E-state index is 0.0502. The summed E-state index contributed by atoms with van der Waals surface area (Å²) in [6.45, 7) is 0.927. The van der Waals surface area contributed by atoms with Crippen LogP contribution in [-0.4, -0.2) is 35.9 Å². The highest BCUT2D eigenvalue weighted by Crippen LogP contribution is 2.30. The van der Waals surface area contributed by atoms with E-state index in [1.165, 1.54) is 6.07 Å². The van der Waals surface area contributed by atoms with Gasteiger partial charge >= 0.3 is 5.97 Å². The van der Waals surface area contributed by atoms with Gasteiger partial charge in [0.05, 0.1) is 17.6 Å². The Morgan fingerprint density at radius 2 is 1.79 bits per heavy atom. The number of carbonyl (C=O) groups excluding carboxylic acids is 3. The minimum atomic E-state index is -1.10. The fourth-order valence-electron chi connectivity index (χ4n) is 3.98. The fourth-order valence-corrected chi connectivity index (χ4v) is 3.98. The first-order valence-corrected chi connectivity index (χ1v) is 10.9. The largest absolute Gasteiger partial charge is 0.452 e. The average molecular weight is 467 g/mol. The lowest BCUT2D eigenvalue weighted by Gasteiger charge is -2.20. The molecule has 176 valence electrons. The molecule has 2 aromatic carbocycles. The van der Waals surface area contributed by atoms with Crippen molar-refractivity contribution in [2.45, 2.75) is 32.6 Å². The van der Waals surface area contributed by atoms with Gasteiger partial charge in [-0.15, -0.1) is 0 Å². The Hall–Kier alpha value is -3.88. The quantitative estimate of drug-likeness (QED) is 0.540. The highest BCUT2D eigenvalue weighted by Gasteiger charge is 2.24. The fraction of sp³-hybridized carbons (Fsp3) is 0.280.